The second-order valence-corrected chi connectivity index (χ2v) is 37.7. The van der Waals surface area contributed by atoms with Crippen molar-refractivity contribution in [2.75, 3.05) is 78.8 Å². The molecule has 0 saturated carbocycles. The summed E-state index contributed by atoms with van der Waals surface area (Å²) in [6.45, 7) is 24.4. The van der Waals surface area contributed by atoms with Gasteiger partial charge in [0.2, 0.25) is 47.3 Å². The molecule has 8 saturated heterocycles. The van der Waals surface area contributed by atoms with E-state index >= 15 is 0 Å². The molecule has 0 spiro atoms. The third kappa shape index (κ3) is 29.5. The number of halogens is 2. The van der Waals surface area contributed by atoms with Crippen LogP contribution in [0.25, 0.3) is 44.4 Å². The largest absolute Gasteiger partial charge is 0.444 e. The van der Waals surface area contributed by atoms with Crippen molar-refractivity contribution in [3.63, 3.8) is 0 Å². The van der Waals surface area contributed by atoms with Crippen LogP contribution < -0.4 is 49.6 Å². The highest BCUT2D eigenvalue weighted by Crippen LogP contribution is 2.32. The lowest BCUT2D eigenvalue weighted by atomic mass is 10.1. The van der Waals surface area contributed by atoms with Crippen LogP contribution >= 0.6 is 28.3 Å². The maximum atomic E-state index is 12.4. The zero-order valence-electron chi connectivity index (χ0n) is 79.3. The van der Waals surface area contributed by atoms with E-state index < -0.39 is 87.6 Å². The van der Waals surface area contributed by atoms with E-state index in [2.05, 4.69) is 60.3 Å². The van der Waals surface area contributed by atoms with Gasteiger partial charge in [0.15, 0.2) is 22.3 Å². The number of terminal acetylenes is 1. The van der Waals surface area contributed by atoms with E-state index in [1.807, 2.05) is 92.6 Å². The highest BCUT2D eigenvalue weighted by atomic mass is 79.9. The van der Waals surface area contributed by atoms with E-state index in [4.69, 9.17) is 58.6 Å². The van der Waals surface area contributed by atoms with E-state index in [1.165, 1.54) is 25.7 Å². The van der Waals surface area contributed by atoms with Crippen molar-refractivity contribution in [1.29, 1.82) is 0 Å². The van der Waals surface area contributed by atoms with Crippen LogP contribution in [-0.2, 0) is 84.4 Å². The fourth-order valence-electron chi connectivity index (χ4n) is 16.6. The number of carbonyl (C=O) groups is 11. The van der Waals surface area contributed by atoms with Crippen molar-refractivity contribution < 1.29 is 105 Å². The summed E-state index contributed by atoms with van der Waals surface area (Å²) in [5, 5.41) is 12.4. The van der Waals surface area contributed by atoms with Gasteiger partial charge in [-0.05, 0) is 250 Å². The standard InChI is InChI=1S/C25H33N3O7.C25H29N3O7.C20H25N3O5.C13H21NO3.C12H9BrN2O4.CH4.ClH/c2*1-25(2,3)35-23(31)27-12-10-17(11-13-27)33-14-4-5-16-6-7-18-20(15-16)34-24(32)28(18)19-8-9-21(29)26-22(19)30;24-18-6-5-16(19(25)22-18)23-15-4-3-13(12-17(15)28-20(23)26)2-1-11-27-14-7-9-21-10-8-14;1-5-10-16-11-6-8-14(9-7-11)12(15)17-13(2,3)4;13-6-1-2-7-9(5-6)19-12(18)15(7)8-3-4-10(16)14-11(8)17;;/h6-7,15,17,19H,4-5,8-14H2,1-3H3,(H,26,29,30);6-7,15,17,19H,8-14H2,1-3H3,(H,26,29,30);3-4,12,14,16,21H,1-2,5-11H2,(H,22,24,25);1,11H,6-10H2,2-4H3;1-2,5,8H,3-4H2,(H,14,16,17);1H4;1H/i;;;;;1T;. The molecule has 4 aromatic carbocycles. The van der Waals surface area contributed by atoms with Crippen LogP contribution in [-0.4, -0.2) is 219 Å². The molecule has 8 aromatic rings. The van der Waals surface area contributed by atoms with Gasteiger partial charge in [0.25, 0.3) is 0 Å². The number of piperidine rings is 8. The third-order valence-corrected chi connectivity index (χ3v) is 23.6. The van der Waals surface area contributed by atoms with Crippen molar-refractivity contribution >= 4 is 138 Å². The predicted molar refractivity (Wildman–Crippen MR) is 504 cm³/mol. The monoisotopic (exact) mass is 1970 g/mol. The number of benzene rings is 4. The van der Waals surface area contributed by atoms with E-state index in [0.717, 1.165) is 92.9 Å². The smallest absolute Gasteiger partial charge is 0.420 e. The molecular weight excluding hydrogens is 1850 g/mol. The number of nitrogens with one attached hydrogen (secondary N) is 5. The number of amides is 11. The first-order valence-corrected chi connectivity index (χ1v) is 46.2. The lowest BCUT2D eigenvalue weighted by molar-refractivity contribution is -0.137. The molecule has 40 heteroatoms. The molecule has 8 aliphatic heterocycles. The first-order valence-electron chi connectivity index (χ1n) is 46.4. The molecule has 4 atom stereocenters. The molecule has 38 nitrogen and oxygen atoms in total. The molecule has 4 unspecified atom stereocenters. The van der Waals surface area contributed by atoms with Crippen LogP contribution in [0.15, 0.2) is 114 Å². The Kier molecular flexibility index (Phi) is 37.0. The van der Waals surface area contributed by atoms with Gasteiger partial charge in [0, 0.05) is 89.6 Å². The van der Waals surface area contributed by atoms with Gasteiger partial charge in [0.05, 0.1) is 46.5 Å². The van der Waals surface area contributed by atoms with E-state index in [0.29, 0.717) is 141 Å². The molecule has 5 N–H and O–H groups in total. The Bertz CT molecular complexity index is 6000. The topological polar surface area (TPSA) is 463 Å². The lowest BCUT2D eigenvalue weighted by Gasteiger charge is -2.33. The minimum atomic E-state index is -0.784. The molecule has 0 aliphatic carbocycles. The molecule has 0 bridgehead atoms. The average Bonchev–Trinajstić information content (AvgIpc) is 1.64. The zero-order chi connectivity index (χ0) is 98.3. The number of aryl methyl sites for hydroxylation is 2. The molecule has 736 valence electrons. The summed E-state index contributed by atoms with van der Waals surface area (Å²) in [5.41, 5.74) is 5.02. The van der Waals surface area contributed by atoms with Crippen LogP contribution in [0.2, 0.25) is 0 Å². The summed E-state index contributed by atoms with van der Waals surface area (Å²) in [6.07, 6.45) is 16.9. The Balaban J connectivity index is 0.000000180. The van der Waals surface area contributed by atoms with Crippen molar-refractivity contribution in [3.05, 3.63) is 136 Å². The first kappa shape index (κ1) is 104. The maximum Gasteiger partial charge on any atom is 0.420 e. The van der Waals surface area contributed by atoms with Gasteiger partial charge in [-0.15, -0.1) is 18.8 Å². The molecule has 16 rings (SSSR count). The minimum Gasteiger partial charge on any atom is -0.444 e. The molecule has 136 heavy (non-hydrogen) atoms. The molecule has 12 heterocycles. The molecule has 8 fully saturated rings. The molecule has 8 aliphatic rings. The molecular formula is C96H122BrClN12O26. The molecule has 0 radical (unpaired) electrons. The number of ether oxygens (including phenoxy) is 7. The van der Waals surface area contributed by atoms with Crippen LogP contribution in [0.5, 0.6) is 0 Å². The van der Waals surface area contributed by atoms with E-state index in [1.54, 1.807) is 57.2 Å². The van der Waals surface area contributed by atoms with Gasteiger partial charge in [0.1, 0.15) is 54.2 Å². The normalized spacial score (nSPS) is 19.4. The number of aromatic nitrogens is 4. The third-order valence-electron chi connectivity index (χ3n) is 23.2. The number of imide groups is 4. The van der Waals surface area contributed by atoms with E-state index in [9.17, 15) is 71.9 Å². The first-order chi connectivity index (χ1) is 64.8. The van der Waals surface area contributed by atoms with Gasteiger partial charge in [-0.2, -0.15) is 0 Å². The summed E-state index contributed by atoms with van der Waals surface area (Å²) in [5.74, 6) is 2.78. The number of hydrogen-bond acceptors (Lipinski definition) is 27. The number of rotatable bonds is 18. The summed E-state index contributed by atoms with van der Waals surface area (Å²) in [6, 6.07) is 18.4. The zero-order valence-corrected chi connectivity index (χ0v) is 80.7. The molecule has 11 amide bonds. The number of oxazole rings is 4. The Labute approximate surface area is 801 Å². The molecule has 4 aromatic heterocycles. The summed E-state index contributed by atoms with van der Waals surface area (Å²) in [7, 11) is 1.25. The van der Waals surface area contributed by atoms with Crippen molar-refractivity contribution in [1.82, 2.24) is 59.6 Å². The average molecular weight is 1980 g/mol. The van der Waals surface area contributed by atoms with Gasteiger partial charge in [-0.1, -0.05) is 53.2 Å². The fraction of sp³-hybridized carbons (Fsp3) is 0.552. The van der Waals surface area contributed by atoms with Crippen molar-refractivity contribution in [2.45, 2.75) is 264 Å². The number of likely N-dealkylation sites (tertiary alicyclic amines) is 3. The highest BCUT2D eigenvalue weighted by Gasteiger charge is 2.38. The van der Waals surface area contributed by atoms with Crippen molar-refractivity contribution in [3.8, 4) is 24.2 Å². The van der Waals surface area contributed by atoms with Gasteiger partial charge >= 0.3 is 41.3 Å². The predicted octanol–water partition coefficient (Wildman–Crippen LogP) is 11.0. The Morgan fingerprint density at radius 1 is 0.419 bits per heavy atom. The number of nitrogens with zero attached hydrogens (tertiary/aromatic N) is 7. The summed E-state index contributed by atoms with van der Waals surface area (Å²) in [4.78, 5) is 184. The summed E-state index contributed by atoms with van der Waals surface area (Å²) < 4.78 is 72.4. The SMILES string of the molecule is C#CCOC1CCN(C(=O)OC(C)(C)C)CC1.CC(C)(C)OC(=O)N1CCC(OCC#Cc2ccc3c(c2)oc(=O)n3C2CCC(=O)NC2=O)CC1.CC(C)(C)OC(=O)N1CCC(OCCCc2ccc3c(c2)oc(=O)n3C2CCC(=O)NC2=O)CC1.Cl.O=C1CCC(n2c(=O)oc3cc(Br)ccc32)C(=O)N1.O=C1CCC(n2c(=O)oc3cc(CCCOC4CCNCC4)ccc32)C(=O)N1.[3H]C. The van der Waals surface area contributed by atoms with Crippen LogP contribution in [0.3, 0.4) is 0 Å². The highest BCUT2D eigenvalue weighted by molar-refractivity contribution is 9.10. The Morgan fingerprint density at radius 2 is 0.721 bits per heavy atom. The van der Waals surface area contributed by atoms with Gasteiger partial charge in [-0.3, -0.25) is 77.9 Å². The minimum absolute atomic E-state index is 0. The number of hydrogen-bond donors (Lipinski definition) is 5. The van der Waals surface area contributed by atoms with Crippen LogP contribution in [0.1, 0.15) is 228 Å². The number of fused-ring (bicyclic) bond motifs is 4. The van der Waals surface area contributed by atoms with Crippen LogP contribution in [0.4, 0.5) is 14.4 Å². The Hall–Kier alpha value is -12.0. The van der Waals surface area contributed by atoms with E-state index in [-0.39, 0.29) is 118 Å². The second kappa shape index (κ2) is 48.2. The maximum absolute atomic E-state index is 12.4. The fourth-order valence-corrected chi connectivity index (χ4v) is 16.9. The lowest BCUT2D eigenvalue weighted by Crippen LogP contribution is -2.43. The van der Waals surface area contributed by atoms with Crippen molar-refractivity contribution in [2.24, 2.45) is 0 Å². The summed E-state index contributed by atoms with van der Waals surface area (Å²) >= 11 is 3.29. The Morgan fingerprint density at radius 3 is 1.05 bits per heavy atom. The van der Waals surface area contributed by atoms with Crippen LogP contribution in [0, 0.1) is 24.2 Å². The quantitative estimate of drug-likeness (QED) is 0.0230. The van der Waals surface area contributed by atoms with Gasteiger partial charge < -0.3 is 70.8 Å². The van der Waals surface area contributed by atoms with Gasteiger partial charge in [-0.25, -0.2) is 33.6 Å². The number of carbonyl (C=O) groups excluding carboxylic acids is 11. The second-order valence-electron chi connectivity index (χ2n) is 36.7.